The predicted octanol–water partition coefficient (Wildman–Crippen LogP) is 4.44. The Labute approximate surface area is 207 Å². The summed E-state index contributed by atoms with van der Waals surface area (Å²) in [5.41, 5.74) is 2.44. The van der Waals surface area contributed by atoms with Gasteiger partial charge in [0.05, 0.1) is 4.88 Å². The number of carbonyl (C=O) groups excluding carboxylic acids is 3. The van der Waals surface area contributed by atoms with E-state index >= 15 is 0 Å². The molecule has 3 amide bonds. The lowest BCUT2D eigenvalue weighted by Crippen LogP contribution is -2.43. The molecule has 1 saturated carbocycles. The smallest absolute Gasteiger partial charge is 0.410 e. The Bertz CT molecular complexity index is 1210. The lowest BCUT2D eigenvalue weighted by molar-refractivity contribution is -0.120. The van der Waals surface area contributed by atoms with Gasteiger partial charge in [0.25, 0.3) is 5.91 Å². The summed E-state index contributed by atoms with van der Waals surface area (Å²) in [5, 5.41) is 6.29. The number of hydrogen-bond donors (Lipinski definition) is 2. The minimum Gasteiger partial charge on any atom is -0.445 e. The van der Waals surface area contributed by atoms with Crippen molar-refractivity contribution in [1.82, 2.24) is 15.2 Å². The molecule has 0 radical (unpaired) electrons. The molecule has 2 fully saturated rings. The number of hydrogen-bond acceptors (Lipinski definition) is 6. The van der Waals surface area contributed by atoms with Crippen LogP contribution in [0.3, 0.4) is 0 Å². The Morgan fingerprint density at radius 2 is 1.80 bits per heavy atom. The van der Waals surface area contributed by atoms with Crippen LogP contribution in [0.15, 0.2) is 60.8 Å². The minimum atomic E-state index is -0.588. The van der Waals surface area contributed by atoms with E-state index in [0.717, 1.165) is 35.3 Å². The normalized spacial score (nSPS) is 17.1. The van der Waals surface area contributed by atoms with Gasteiger partial charge in [-0.1, -0.05) is 53.8 Å². The van der Waals surface area contributed by atoms with Gasteiger partial charge < -0.3 is 15.4 Å². The summed E-state index contributed by atoms with van der Waals surface area (Å²) in [5.74, 6) is -0.327. The number of nitrogens with zero attached hydrogens (tertiary/aromatic N) is 2. The number of thiazole rings is 1. The average molecular weight is 491 g/mol. The maximum absolute atomic E-state index is 12.9. The molecule has 1 aliphatic carbocycles. The van der Waals surface area contributed by atoms with Crippen molar-refractivity contribution in [3.8, 4) is 10.4 Å². The van der Waals surface area contributed by atoms with E-state index in [-0.39, 0.29) is 18.4 Å². The molecule has 2 N–H and O–H groups in total. The van der Waals surface area contributed by atoms with Gasteiger partial charge in [0.15, 0.2) is 5.13 Å². The first-order valence-electron chi connectivity index (χ1n) is 11.7. The summed E-state index contributed by atoms with van der Waals surface area (Å²) < 4.78 is 5.42. The fourth-order valence-corrected chi connectivity index (χ4v) is 4.82. The molecule has 1 atom stereocenters. The highest BCUT2D eigenvalue weighted by atomic mass is 32.1. The van der Waals surface area contributed by atoms with E-state index in [1.807, 2.05) is 42.5 Å². The first-order chi connectivity index (χ1) is 17.1. The molecule has 1 aromatic heterocycles. The second-order valence-corrected chi connectivity index (χ2v) is 9.77. The van der Waals surface area contributed by atoms with Crippen molar-refractivity contribution in [2.24, 2.45) is 0 Å². The fraction of sp³-hybridized carbons (Fsp3) is 0.308. The standard InChI is InChI=1S/C26H26N4O4S/c31-23(28-20-12-13-20)19-10-8-18(9-11-19)22-15-27-25(35-22)29-24(32)21-7-4-14-30(21)26(33)34-16-17-5-2-1-3-6-17/h1-3,5-6,8-11,15,20-21H,4,7,12-14,16H2,(H,28,31)(H,27,29,32)/t21-/m0/s1. The van der Waals surface area contributed by atoms with E-state index in [1.165, 1.54) is 16.2 Å². The number of aromatic nitrogens is 1. The second-order valence-electron chi connectivity index (χ2n) is 8.74. The lowest BCUT2D eigenvalue weighted by atomic mass is 10.1. The summed E-state index contributed by atoms with van der Waals surface area (Å²) in [7, 11) is 0. The highest BCUT2D eigenvalue weighted by Gasteiger charge is 2.35. The van der Waals surface area contributed by atoms with Crippen LogP contribution in [0.1, 0.15) is 41.6 Å². The second kappa shape index (κ2) is 10.3. The Hall–Kier alpha value is -3.72. The van der Waals surface area contributed by atoms with Crippen molar-refractivity contribution in [2.75, 3.05) is 11.9 Å². The van der Waals surface area contributed by atoms with E-state index in [4.69, 9.17) is 4.74 Å². The monoisotopic (exact) mass is 490 g/mol. The van der Waals surface area contributed by atoms with Crippen LogP contribution in [0.25, 0.3) is 10.4 Å². The number of amides is 3. The summed E-state index contributed by atoms with van der Waals surface area (Å²) in [6.45, 7) is 0.650. The zero-order chi connectivity index (χ0) is 24.2. The van der Waals surface area contributed by atoms with Crippen LogP contribution in [0, 0.1) is 0 Å². The Balaban J connectivity index is 1.17. The summed E-state index contributed by atoms with van der Waals surface area (Å²) in [4.78, 5) is 44.4. The average Bonchev–Trinajstić information content (AvgIpc) is 3.35. The van der Waals surface area contributed by atoms with Gasteiger partial charge in [-0.15, -0.1) is 0 Å². The third-order valence-electron chi connectivity index (χ3n) is 6.08. The lowest BCUT2D eigenvalue weighted by Gasteiger charge is -2.22. The summed E-state index contributed by atoms with van der Waals surface area (Å²) in [6, 6.07) is 16.5. The number of likely N-dealkylation sites (tertiary alicyclic amines) is 1. The van der Waals surface area contributed by atoms with Crippen molar-refractivity contribution < 1.29 is 19.1 Å². The van der Waals surface area contributed by atoms with Crippen molar-refractivity contribution in [1.29, 1.82) is 0 Å². The zero-order valence-corrected chi connectivity index (χ0v) is 19.9. The topological polar surface area (TPSA) is 101 Å². The number of nitrogens with one attached hydrogen (secondary N) is 2. The molecular formula is C26H26N4O4S. The largest absolute Gasteiger partial charge is 0.445 e. The van der Waals surface area contributed by atoms with E-state index in [9.17, 15) is 14.4 Å². The van der Waals surface area contributed by atoms with Gasteiger partial charge >= 0.3 is 6.09 Å². The number of ether oxygens (including phenoxy) is 1. The Morgan fingerprint density at radius 1 is 1.03 bits per heavy atom. The van der Waals surface area contributed by atoms with Gasteiger partial charge in [-0.25, -0.2) is 9.78 Å². The van der Waals surface area contributed by atoms with Gasteiger partial charge in [0.2, 0.25) is 5.91 Å². The molecule has 2 heterocycles. The van der Waals surface area contributed by atoms with Gasteiger partial charge in [-0.05, 0) is 48.9 Å². The molecule has 1 saturated heterocycles. The molecule has 8 nitrogen and oxygen atoms in total. The molecule has 0 spiro atoms. The molecule has 0 unspecified atom stereocenters. The van der Waals surface area contributed by atoms with Gasteiger partial charge in [0.1, 0.15) is 12.6 Å². The molecule has 5 rings (SSSR count). The minimum absolute atomic E-state index is 0.0558. The third kappa shape index (κ3) is 5.68. The molecule has 2 aromatic carbocycles. The van der Waals surface area contributed by atoms with Gasteiger partial charge in [0, 0.05) is 24.3 Å². The van der Waals surface area contributed by atoms with Crippen molar-refractivity contribution >= 4 is 34.4 Å². The highest BCUT2D eigenvalue weighted by Crippen LogP contribution is 2.30. The van der Waals surface area contributed by atoms with E-state index in [1.54, 1.807) is 18.3 Å². The number of rotatable bonds is 7. The molecule has 3 aromatic rings. The molecule has 180 valence electrons. The fourth-order valence-electron chi connectivity index (χ4n) is 4.00. The van der Waals surface area contributed by atoms with E-state index in [0.29, 0.717) is 29.7 Å². The molecule has 1 aliphatic heterocycles. The maximum atomic E-state index is 12.9. The van der Waals surface area contributed by atoms with Gasteiger partial charge in [-0.2, -0.15) is 0 Å². The Kier molecular flexibility index (Phi) is 6.76. The quantitative estimate of drug-likeness (QED) is 0.510. The van der Waals surface area contributed by atoms with E-state index < -0.39 is 12.1 Å². The molecule has 2 aliphatic rings. The van der Waals surface area contributed by atoms with E-state index in [2.05, 4.69) is 15.6 Å². The summed E-state index contributed by atoms with van der Waals surface area (Å²) in [6.07, 6.45) is 4.62. The zero-order valence-electron chi connectivity index (χ0n) is 19.1. The number of benzene rings is 2. The molecule has 35 heavy (non-hydrogen) atoms. The Morgan fingerprint density at radius 3 is 2.54 bits per heavy atom. The van der Waals surface area contributed by atoms with Crippen LogP contribution in [0.5, 0.6) is 0 Å². The number of anilines is 1. The number of carbonyl (C=O) groups is 3. The van der Waals surface area contributed by atoms with Crippen molar-refractivity contribution in [2.45, 2.75) is 44.4 Å². The highest BCUT2D eigenvalue weighted by molar-refractivity contribution is 7.19. The van der Waals surface area contributed by atoms with Crippen LogP contribution in [0.2, 0.25) is 0 Å². The molecule has 9 heteroatoms. The molecular weight excluding hydrogens is 464 g/mol. The van der Waals surface area contributed by atoms with Gasteiger partial charge in [-0.3, -0.25) is 14.5 Å². The van der Waals surface area contributed by atoms with Crippen LogP contribution >= 0.6 is 11.3 Å². The summed E-state index contributed by atoms with van der Waals surface area (Å²) >= 11 is 1.35. The van der Waals surface area contributed by atoms with Crippen LogP contribution < -0.4 is 10.6 Å². The molecule has 0 bridgehead atoms. The maximum Gasteiger partial charge on any atom is 0.410 e. The first kappa shape index (κ1) is 23.0. The SMILES string of the molecule is O=C(NC1CC1)c1ccc(-c2cnc(NC(=O)[C@@H]3CCCN3C(=O)OCc3ccccc3)s2)cc1. The van der Waals surface area contributed by atoms with Crippen molar-refractivity contribution in [3.63, 3.8) is 0 Å². The predicted molar refractivity (Wildman–Crippen MR) is 133 cm³/mol. The third-order valence-corrected chi connectivity index (χ3v) is 7.04. The van der Waals surface area contributed by atoms with Crippen LogP contribution in [-0.2, 0) is 16.1 Å². The van der Waals surface area contributed by atoms with Crippen LogP contribution in [0.4, 0.5) is 9.93 Å². The first-order valence-corrected chi connectivity index (χ1v) is 12.5. The van der Waals surface area contributed by atoms with Crippen LogP contribution in [-0.4, -0.2) is 46.4 Å². The van der Waals surface area contributed by atoms with Crippen molar-refractivity contribution in [3.05, 3.63) is 71.9 Å².